The first-order valence-electron chi connectivity index (χ1n) is 9.19. The van der Waals surface area contributed by atoms with Gasteiger partial charge in [0.15, 0.2) is 40.7 Å². The van der Waals surface area contributed by atoms with E-state index in [1.54, 1.807) is 0 Å². The van der Waals surface area contributed by atoms with Gasteiger partial charge in [0.05, 0.1) is 11.1 Å². The van der Waals surface area contributed by atoms with Crippen LogP contribution in [0.1, 0.15) is 31.9 Å². The molecule has 170 valence electrons. The van der Waals surface area contributed by atoms with E-state index in [0.29, 0.717) is 0 Å². The first kappa shape index (κ1) is 23.7. The van der Waals surface area contributed by atoms with Crippen LogP contribution in [0.3, 0.4) is 0 Å². The van der Waals surface area contributed by atoms with E-state index in [0.717, 1.165) is 25.1 Å². The van der Waals surface area contributed by atoms with Gasteiger partial charge in [-0.2, -0.15) is 0 Å². The van der Waals surface area contributed by atoms with Crippen LogP contribution in [-0.2, 0) is 5.41 Å². The molecule has 0 fully saturated rings. The second-order valence-corrected chi connectivity index (χ2v) is 8.18. The molecule has 3 aromatic carbocycles. The van der Waals surface area contributed by atoms with Gasteiger partial charge in [-0.15, -0.1) is 0 Å². The molecule has 0 nitrogen and oxygen atoms in total. The Bertz CT molecular complexity index is 1110. The van der Waals surface area contributed by atoms with Crippen LogP contribution in [0.4, 0.5) is 39.5 Å². The normalized spacial score (nSPS) is 11.9. The Hall–Kier alpha value is -2.97. The summed E-state index contributed by atoms with van der Waals surface area (Å²) in [6.45, 7) is 5.21. The zero-order valence-electron chi connectivity index (χ0n) is 17.1. The number of halogens is 9. The van der Waals surface area contributed by atoms with Gasteiger partial charge in [0.25, 0.3) is 0 Å². The summed E-state index contributed by atoms with van der Waals surface area (Å²) in [6.07, 6.45) is 0. The molecule has 0 aliphatic heterocycles. The molecule has 0 saturated heterocycles. The van der Waals surface area contributed by atoms with E-state index in [1.807, 2.05) is 0 Å². The monoisotopic (exact) mass is 462 g/mol. The highest BCUT2D eigenvalue weighted by molar-refractivity contribution is 5.81. The Labute approximate surface area is 177 Å². The van der Waals surface area contributed by atoms with E-state index in [2.05, 4.69) is 0 Å². The highest BCUT2D eigenvalue weighted by Crippen LogP contribution is 2.44. The van der Waals surface area contributed by atoms with Gasteiger partial charge in [0.2, 0.25) is 5.82 Å². The predicted octanol–water partition coefficient (Wildman–Crippen LogP) is 7.88. The Morgan fingerprint density at radius 2 is 0.844 bits per heavy atom. The summed E-state index contributed by atoms with van der Waals surface area (Å²) in [5.41, 5.74) is -5.62. The van der Waals surface area contributed by atoms with Crippen molar-refractivity contribution in [1.82, 2.24) is 0 Å². The van der Waals surface area contributed by atoms with E-state index >= 15 is 0 Å². The Morgan fingerprint density at radius 3 is 1.25 bits per heavy atom. The SMILES string of the molecule is Cc1c(F)c(F)c(F)c(-c2cccc(-c3c(F)c(F)c(F)c(F)c3F)c2C(C)(C)C)c1F. The molecule has 0 aliphatic rings. The van der Waals surface area contributed by atoms with Crippen LogP contribution in [-0.4, -0.2) is 0 Å². The molecule has 9 heteroatoms. The minimum Gasteiger partial charge on any atom is -0.206 e. The summed E-state index contributed by atoms with van der Waals surface area (Å²) < 4.78 is 128. The average molecular weight is 462 g/mol. The molecule has 0 spiro atoms. The first-order chi connectivity index (χ1) is 14.7. The van der Waals surface area contributed by atoms with Crippen molar-refractivity contribution in [3.8, 4) is 22.3 Å². The maximum absolute atomic E-state index is 14.9. The van der Waals surface area contributed by atoms with Crippen LogP contribution in [0.15, 0.2) is 18.2 Å². The molecule has 0 amide bonds. The number of hydrogen-bond donors (Lipinski definition) is 0. The lowest BCUT2D eigenvalue weighted by molar-refractivity contribution is 0.381. The molecule has 0 aliphatic carbocycles. The van der Waals surface area contributed by atoms with Gasteiger partial charge in [-0.25, -0.2) is 39.5 Å². The van der Waals surface area contributed by atoms with Gasteiger partial charge in [-0.1, -0.05) is 39.0 Å². The Morgan fingerprint density at radius 1 is 0.500 bits per heavy atom. The fourth-order valence-corrected chi connectivity index (χ4v) is 3.61. The number of rotatable bonds is 2. The van der Waals surface area contributed by atoms with E-state index in [4.69, 9.17) is 0 Å². The molecule has 0 N–H and O–H groups in total. The van der Waals surface area contributed by atoms with Crippen LogP contribution in [0.2, 0.25) is 0 Å². The summed E-state index contributed by atoms with van der Waals surface area (Å²) in [4.78, 5) is 0. The topological polar surface area (TPSA) is 0 Å². The lowest BCUT2D eigenvalue weighted by atomic mass is 9.76. The van der Waals surface area contributed by atoms with Gasteiger partial charge >= 0.3 is 0 Å². The fraction of sp³-hybridized carbons (Fsp3) is 0.217. The Kier molecular flexibility index (Phi) is 5.82. The quantitative estimate of drug-likeness (QED) is 0.207. The van der Waals surface area contributed by atoms with Crippen molar-refractivity contribution in [3.63, 3.8) is 0 Å². The molecule has 0 heterocycles. The van der Waals surface area contributed by atoms with Crippen molar-refractivity contribution in [3.05, 3.63) is 81.7 Å². The second kappa shape index (κ2) is 7.86. The van der Waals surface area contributed by atoms with Gasteiger partial charge in [0, 0.05) is 5.56 Å². The van der Waals surface area contributed by atoms with Crippen molar-refractivity contribution in [2.45, 2.75) is 33.1 Å². The highest BCUT2D eigenvalue weighted by atomic mass is 19.2. The highest BCUT2D eigenvalue weighted by Gasteiger charge is 2.34. The summed E-state index contributed by atoms with van der Waals surface area (Å²) in [5.74, 6) is -18.2. The first-order valence-corrected chi connectivity index (χ1v) is 9.19. The minimum absolute atomic E-state index is 0.244. The molecular formula is C23H15F9. The summed E-state index contributed by atoms with van der Waals surface area (Å²) in [7, 11) is 0. The predicted molar refractivity (Wildman–Crippen MR) is 100 cm³/mol. The lowest BCUT2D eigenvalue weighted by Gasteiger charge is -2.28. The molecule has 3 aromatic rings. The van der Waals surface area contributed by atoms with Crippen LogP contribution in [0.5, 0.6) is 0 Å². The van der Waals surface area contributed by atoms with Crippen LogP contribution < -0.4 is 0 Å². The minimum atomic E-state index is -2.37. The molecule has 0 bridgehead atoms. The van der Waals surface area contributed by atoms with Gasteiger partial charge < -0.3 is 0 Å². The zero-order valence-corrected chi connectivity index (χ0v) is 17.1. The molecule has 0 saturated carbocycles. The summed E-state index contributed by atoms with van der Waals surface area (Å²) in [5, 5.41) is 0. The van der Waals surface area contributed by atoms with Crippen molar-refractivity contribution >= 4 is 0 Å². The van der Waals surface area contributed by atoms with Crippen molar-refractivity contribution < 1.29 is 39.5 Å². The Balaban J connectivity index is 2.55. The summed E-state index contributed by atoms with van der Waals surface area (Å²) >= 11 is 0. The third-order valence-electron chi connectivity index (χ3n) is 5.05. The maximum Gasteiger partial charge on any atom is 0.200 e. The fourth-order valence-electron chi connectivity index (χ4n) is 3.61. The summed E-state index contributed by atoms with van der Waals surface area (Å²) in [6, 6.07) is 3.13. The van der Waals surface area contributed by atoms with Crippen LogP contribution in [0.25, 0.3) is 22.3 Å². The third-order valence-corrected chi connectivity index (χ3v) is 5.05. The molecule has 32 heavy (non-hydrogen) atoms. The molecule has 0 unspecified atom stereocenters. The van der Waals surface area contributed by atoms with E-state index in [-0.39, 0.29) is 5.56 Å². The molecular weight excluding hydrogens is 447 g/mol. The van der Waals surface area contributed by atoms with Crippen molar-refractivity contribution in [2.75, 3.05) is 0 Å². The average Bonchev–Trinajstić information content (AvgIpc) is 2.73. The second-order valence-electron chi connectivity index (χ2n) is 8.18. The largest absolute Gasteiger partial charge is 0.206 e. The van der Waals surface area contributed by atoms with Crippen molar-refractivity contribution in [1.29, 1.82) is 0 Å². The smallest absolute Gasteiger partial charge is 0.200 e. The molecule has 3 rings (SSSR count). The van der Waals surface area contributed by atoms with Crippen LogP contribution >= 0.6 is 0 Å². The van der Waals surface area contributed by atoms with E-state index in [9.17, 15) is 39.5 Å². The third kappa shape index (κ3) is 3.43. The number of benzene rings is 3. The van der Waals surface area contributed by atoms with E-state index in [1.165, 1.54) is 20.8 Å². The number of hydrogen-bond acceptors (Lipinski definition) is 0. The van der Waals surface area contributed by atoms with Crippen LogP contribution in [0, 0.1) is 59.3 Å². The maximum atomic E-state index is 14.9. The van der Waals surface area contributed by atoms with E-state index < -0.39 is 85.6 Å². The van der Waals surface area contributed by atoms with Crippen molar-refractivity contribution in [2.24, 2.45) is 0 Å². The van der Waals surface area contributed by atoms with Gasteiger partial charge in [0.1, 0.15) is 5.82 Å². The zero-order chi connectivity index (χ0) is 24.3. The molecule has 0 radical (unpaired) electrons. The molecule has 0 aromatic heterocycles. The standard InChI is InChI=1S/C23H15F9/c1-8-14(24)11(16(26)19(29)15(8)25)9-6-5-7-10(13(9)23(2,3)4)12-17(27)20(30)22(32)21(31)18(12)28/h5-7H,1-4H3. The van der Waals surface area contributed by atoms with Gasteiger partial charge in [-0.3, -0.25) is 0 Å². The molecule has 0 atom stereocenters. The van der Waals surface area contributed by atoms with Gasteiger partial charge in [-0.05, 0) is 29.0 Å². The lowest BCUT2D eigenvalue weighted by Crippen LogP contribution is -2.17.